The molecule has 0 radical (unpaired) electrons. The topological polar surface area (TPSA) is 168 Å². The van der Waals surface area contributed by atoms with Crippen molar-refractivity contribution in [3.8, 4) is 11.1 Å². The summed E-state index contributed by atoms with van der Waals surface area (Å²) in [5.74, 6) is -0.961. The molecule has 13 nitrogen and oxygen atoms in total. The van der Waals surface area contributed by atoms with E-state index in [2.05, 4.69) is 22.3 Å². The molecular weight excluding hydrogens is 802 g/mol. The first kappa shape index (κ1) is 40.9. The minimum atomic E-state index is -4.69. The Labute approximate surface area is 342 Å². The van der Waals surface area contributed by atoms with E-state index in [1.807, 2.05) is 46.0 Å². The number of benzene rings is 5. The summed E-state index contributed by atoms with van der Waals surface area (Å²) >= 11 is 6.13. The highest BCUT2D eigenvalue weighted by Gasteiger charge is 2.30. The predicted molar refractivity (Wildman–Crippen MR) is 222 cm³/mol. The molecule has 2 saturated heterocycles. The third-order valence-corrected chi connectivity index (χ3v) is 13.9. The van der Waals surface area contributed by atoms with Gasteiger partial charge in [-0.15, -0.1) is 0 Å². The van der Waals surface area contributed by atoms with Crippen molar-refractivity contribution in [1.29, 1.82) is 0 Å². The lowest BCUT2D eigenvalue weighted by atomic mass is 9.99. The number of halogens is 1. The number of hydrogen-bond donors (Lipinski definition) is 2. The number of ether oxygens (including phenoxy) is 1. The number of piperazine rings is 1. The number of anilines is 2. The number of sulfone groups is 1. The van der Waals surface area contributed by atoms with Gasteiger partial charge in [0, 0.05) is 69.3 Å². The van der Waals surface area contributed by atoms with Crippen molar-refractivity contribution in [3.63, 3.8) is 0 Å². The predicted octanol–water partition coefficient (Wildman–Crippen LogP) is 7.03. The quantitative estimate of drug-likeness (QED) is 0.0923. The first-order valence-electron chi connectivity index (χ1n) is 18.8. The molecule has 0 aliphatic carbocycles. The minimum Gasteiger partial charge on any atom is -0.381 e. The van der Waals surface area contributed by atoms with Crippen LogP contribution in [0.1, 0.15) is 28.8 Å². The maximum Gasteiger partial charge on any atom is 0.293 e. The number of nitro benzene ring substituents is 1. The first-order chi connectivity index (χ1) is 27.9. The van der Waals surface area contributed by atoms with E-state index in [0.717, 1.165) is 41.7 Å². The van der Waals surface area contributed by atoms with Crippen LogP contribution in [0.4, 0.5) is 17.1 Å². The van der Waals surface area contributed by atoms with Gasteiger partial charge in [-0.2, -0.15) is 0 Å². The smallest absolute Gasteiger partial charge is 0.293 e. The lowest BCUT2D eigenvalue weighted by Crippen LogP contribution is -2.46. The van der Waals surface area contributed by atoms with Crippen LogP contribution in [-0.2, 0) is 31.1 Å². The van der Waals surface area contributed by atoms with E-state index >= 15 is 0 Å². The highest BCUT2D eigenvalue weighted by molar-refractivity contribution is 7.91. The molecule has 0 spiro atoms. The molecule has 2 N–H and O–H groups in total. The van der Waals surface area contributed by atoms with Gasteiger partial charge in [0.25, 0.3) is 21.6 Å². The van der Waals surface area contributed by atoms with Crippen molar-refractivity contribution >= 4 is 54.4 Å². The standard InChI is InChI=1S/C42H42ClN5O8S2/c43-33-12-10-31(11-13-33)37-9-5-4-6-32(37)29-46-20-22-47(23-21-46)34-14-16-38(41(26-34)57(52,53)35-7-2-1-3-8-35)42(49)45-58(54,55)36-15-17-39(40(27-36)48(50)51)44-28-30-18-24-56-25-19-30/h1-17,26-27,30,44H,18-25,28-29H2,(H,45,49). The Kier molecular flexibility index (Phi) is 12.4. The number of hydrogen-bond acceptors (Lipinski definition) is 11. The van der Waals surface area contributed by atoms with E-state index in [-0.39, 0.29) is 21.4 Å². The lowest BCUT2D eigenvalue weighted by molar-refractivity contribution is -0.384. The molecule has 0 saturated carbocycles. The summed E-state index contributed by atoms with van der Waals surface area (Å²) < 4.78 is 62.7. The van der Waals surface area contributed by atoms with Gasteiger partial charge in [0.2, 0.25) is 9.84 Å². The molecular formula is C42H42ClN5O8S2. The van der Waals surface area contributed by atoms with Crippen LogP contribution in [-0.4, -0.2) is 78.5 Å². The van der Waals surface area contributed by atoms with Crippen LogP contribution in [0.25, 0.3) is 11.1 Å². The van der Waals surface area contributed by atoms with Crippen LogP contribution < -0.4 is 14.9 Å². The minimum absolute atomic E-state index is 0.0762. The van der Waals surface area contributed by atoms with Crippen LogP contribution in [0.15, 0.2) is 130 Å². The van der Waals surface area contributed by atoms with Gasteiger partial charge in [0.15, 0.2) is 0 Å². The van der Waals surface area contributed by atoms with Crippen molar-refractivity contribution in [2.24, 2.45) is 5.92 Å². The van der Waals surface area contributed by atoms with Crippen molar-refractivity contribution in [2.45, 2.75) is 34.1 Å². The SMILES string of the molecule is O=C(NS(=O)(=O)c1ccc(NCC2CCOCC2)c([N+](=O)[O-])c1)c1ccc(N2CCN(Cc3ccccc3-c3ccc(Cl)cc3)CC2)cc1S(=O)(=O)c1ccccc1. The molecule has 1 amide bonds. The monoisotopic (exact) mass is 843 g/mol. The fourth-order valence-electron chi connectivity index (χ4n) is 7.24. The van der Waals surface area contributed by atoms with Gasteiger partial charge in [-0.25, -0.2) is 21.6 Å². The zero-order valence-electron chi connectivity index (χ0n) is 31.4. The summed E-state index contributed by atoms with van der Waals surface area (Å²) in [6, 6.07) is 31.1. The average molecular weight is 844 g/mol. The van der Waals surface area contributed by atoms with Gasteiger partial charge in [0.05, 0.1) is 25.2 Å². The number of carbonyl (C=O) groups is 1. The summed E-state index contributed by atoms with van der Waals surface area (Å²) in [5, 5.41) is 15.7. The Hall–Kier alpha value is -5.32. The fourth-order valence-corrected chi connectivity index (χ4v) is 9.85. The van der Waals surface area contributed by atoms with Gasteiger partial charge in [-0.3, -0.25) is 19.8 Å². The number of nitrogens with zero attached hydrogens (tertiary/aromatic N) is 3. The Morgan fingerprint density at radius 1 is 0.810 bits per heavy atom. The number of nitrogens with one attached hydrogen (secondary N) is 2. The van der Waals surface area contributed by atoms with Gasteiger partial charge >= 0.3 is 0 Å². The molecule has 5 aromatic rings. The zero-order chi connectivity index (χ0) is 40.9. The highest BCUT2D eigenvalue weighted by atomic mass is 35.5. The summed E-state index contributed by atoms with van der Waals surface area (Å²) in [7, 11) is -9.02. The molecule has 2 fully saturated rings. The molecule has 58 heavy (non-hydrogen) atoms. The van der Waals surface area contributed by atoms with Crippen LogP contribution in [0.5, 0.6) is 0 Å². The average Bonchev–Trinajstić information content (AvgIpc) is 3.24. The maximum absolute atomic E-state index is 14.1. The lowest BCUT2D eigenvalue weighted by Gasteiger charge is -2.36. The Bertz CT molecular complexity index is 2510. The zero-order valence-corrected chi connectivity index (χ0v) is 33.8. The molecule has 16 heteroatoms. The van der Waals surface area contributed by atoms with Crippen LogP contribution >= 0.6 is 11.6 Å². The second-order valence-electron chi connectivity index (χ2n) is 14.2. The van der Waals surface area contributed by atoms with E-state index in [4.69, 9.17) is 16.3 Å². The van der Waals surface area contributed by atoms with E-state index < -0.39 is 46.8 Å². The molecule has 7 rings (SSSR count). The summed E-state index contributed by atoms with van der Waals surface area (Å²) in [6.45, 7) is 4.81. The summed E-state index contributed by atoms with van der Waals surface area (Å²) in [6.07, 6.45) is 1.58. The molecule has 0 unspecified atom stereocenters. The number of amides is 1. The number of rotatable bonds is 13. The summed E-state index contributed by atoms with van der Waals surface area (Å²) in [5.41, 5.74) is 3.15. The largest absolute Gasteiger partial charge is 0.381 e. The molecule has 2 aliphatic rings. The van der Waals surface area contributed by atoms with Crippen molar-refractivity contribution in [1.82, 2.24) is 9.62 Å². The van der Waals surface area contributed by atoms with Crippen molar-refractivity contribution < 1.29 is 31.3 Å². The Balaban J connectivity index is 1.11. The Morgan fingerprint density at radius 3 is 2.21 bits per heavy atom. The number of carbonyl (C=O) groups excluding carboxylic acids is 1. The van der Waals surface area contributed by atoms with Crippen molar-refractivity contribution in [2.75, 3.05) is 56.2 Å². The third kappa shape index (κ3) is 9.35. The Morgan fingerprint density at radius 2 is 1.50 bits per heavy atom. The van der Waals surface area contributed by atoms with Crippen LogP contribution in [0.2, 0.25) is 5.02 Å². The van der Waals surface area contributed by atoms with E-state index in [1.54, 1.807) is 24.3 Å². The third-order valence-electron chi connectivity index (χ3n) is 10.5. The molecule has 302 valence electrons. The van der Waals surface area contributed by atoms with E-state index in [9.17, 15) is 31.7 Å². The molecule has 0 bridgehead atoms. The van der Waals surface area contributed by atoms with Gasteiger partial charge in [-0.05, 0) is 90.0 Å². The van der Waals surface area contributed by atoms with E-state index in [0.29, 0.717) is 63.2 Å². The summed E-state index contributed by atoms with van der Waals surface area (Å²) in [4.78, 5) is 28.5. The highest BCUT2D eigenvalue weighted by Crippen LogP contribution is 2.32. The second-order valence-corrected chi connectivity index (χ2v) is 18.3. The van der Waals surface area contributed by atoms with Crippen molar-refractivity contribution in [3.05, 3.63) is 142 Å². The molecule has 0 atom stereocenters. The number of nitro groups is 1. The van der Waals surface area contributed by atoms with Gasteiger partial charge in [-0.1, -0.05) is 66.2 Å². The van der Waals surface area contributed by atoms with Gasteiger partial charge < -0.3 is 15.0 Å². The van der Waals surface area contributed by atoms with Gasteiger partial charge in [0.1, 0.15) is 5.69 Å². The van der Waals surface area contributed by atoms with Crippen LogP contribution in [0.3, 0.4) is 0 Å². The molecule has 0 aromatic heterocycles. The maximum atomic E-state index is 14.1. The first-order valence-corrected chi connectivity index (χ1v) is 22.2. The molecule has 5 aromatic carbocycles. The van der Waals surface area contributed by atoms with E-state index in [1.165, 1.54) is 30.3 Å². The van der Waals surface area contributed by atoms with Crippen LogP contribution in [0, 0.1) is 16.0 Å². The molecule has 2 heterocycles. The second kappa shape index (κ2) is 17.7. The fraction of sp³-hybridized carbons (Fsp3) is 0.262. The number of sulfonamides is 1. The normalized spacial score (nSPS) is 15.5. The molecule has 2 aliphatic heterocycles.